The molecule has 0 saturated heterocycles. The Hall–Kier alpha value is -0.340. The summed E-state index contributed by atoms with van der Waals surface area (Å²) in [6.45, 7) is 7.90. The number of hydrogen-bond acceptors (Lipinski definition) is 2. The first-order valence-corrected chi connectivity index (χ1v) is 5.38. The molecule has 2 heteroatoms. The average molecular weight is 182 g/mol. The highest BCUT2D eigenvalue weighted by Crippen LogP contribution is 2.14. The fraction of sp³-hybridized carbons (Fsp3) is 0.818. The molecule has 1 aliphatic heterocycles. The predicted molar refractivity (Wildman–Crippen MR) is 57.7 cm³/mol. The van der Waals surface area contributed by atoms with Crippen LogP contribution in [0, 0.1) is 0 Å². The van der Waals surface area contributed by atoms with Gasteiger partial charge in [0.05, 0.1) is 0 Å². The van der Waals surface area contributed by atoms with Crippen LogP contribution in [0.25, 0.3) is 0 Å². The molecule has 1 atom stereocenters. The van der Waals surface area contributed by atoms with Crippen LogP contribution in [0.1, 0.15) is 33.1 Å². The fourth-order valence-corrected chi connectivity index (χ4v) is 1.75. The smallest absolute Gasteiger partial charge is 0.0192 e. The fourth-order valence-electron chi connectivity index (χ4n) is 1.75. The van der Waals surface area contributed by atoms with E-state index in [1.807, 2.05) is 0 Å². The predicted octanol–water partition coefficient (Wildman–Crippen LogP) is 1.77. The maximum atomic E-state index is 5.74. The summed E-state index contributed by atoms with van der Waals surface area (Å²) >= 11 is 0. The highest BCUT2D eigenvalue weighted by molar-refractivity contribution is 5.08. The van der Waals surface area contributed by atoms with Gasteiger partial charge in [0.25, 0.3) is 0 Å². The van der Waals surface area contributed by atoms with Gasteiger partial charge in [0.1, 0.15) is 0 Å². The molecule has 0 aliphatic carbocycles. The average Bonchev–Trinajstić information content (AvgIpc) is 2.15. The highest BCUT2D eigenvalue weighted by atomic mass is 15.1. The van der Waals surface area contributed by atoms with E-state index in [1.54, 1.807) is 5.57 Å². The summed E-state index contributed by atoms with van der Waals surface area (Å²) in [6.07, 6.45) is 5.94. The van der Waals surface area contributed by atoms with Crippen molar-refractivity contribution in [1.29, 1.82) is 0 Å². The summed E-state index contributed by atoms with van der Waals surface area (Å²) in [6, 6.07) is 0.345. The minimum atomic E-state index is 0.345. The van der Waals surface area contributed by atoms with Crippen LogP contribution in [-0.2, 0) is 0 Å². The van der Waals surface area contributed by atoms with Crippen LogP contribution in [0.4, 0.5) is 0 Å². The standard InChI is InChI=1S/C11H22N2/c1-3-13-8-4-5-11(9-13)7-6-10(2)12/h5,10H,3-4,6-9,12H2,1-2H3. The molecule has 0 spiro atoms. The third kappa shape index (κ3) is 3.92. The van der Waals surface area contributed by atoms with Gasteiger partial charge in [-0.15, -0.1) is 0 Å². The molecule has 0 fully saturated rings. The number of hydrogen-bond donors (Lipinski definition) is 1. The number of rotatable bonds is 4. The molecular weight excluding hydrogens is 160 g/mol. The van der Waals surface area contributed by atoms with Crippen molar-refractivity contribution < 1.29 is 0 Å². The molecule has 13 heavy (non-hydrogen) atoms. The van der Waals surface area contributed by atoms with Gasteiger partial charge in [0.15, 0.2) is 0 Å². The summed E-state index contributed by atoms with van der Waals surface area (Å²) in [7, 11) is 0. The Morgan fingerprint density at radius 2 is 2.38 bits per heavy atom. The van der Waals surface area contributed by atoms with Crippen molar-refractivity contribution in [3.05, 3.63) is 11.6 Å². The molecule has 1 heterocycles. The van der Waals surface area contributed by atoms with Gasteiger partial charge in [-0.25, -0.2) is 0 Å². The van der Waals surface area contributed by atoms with E-state index in [4.69, 9.17) is 5.73 Å². The van der Waals surface area contributed by atoms with Gasteiger partial charge in [-0.1, -0.05) is 18.6 Å². The molecule has 1 aliphatic rings. The molecule has 0 radical (unpaired) electrons. The van der Waals surface area contributed by atoms with Gasteiger partial charge in [-0.05, 0) is 32.7 Å². The molecule has 0 bridgehead atoms. The first-order chi connectivity index (χ1) is 6.22. The lowest BCUT2D eigenvalue weighted by Gasteiger charge is -2.26. The van der Waals surface area contributed by atoms with E-state index in [0.29, 0.717) is 6.04 Å². The van der Waals surface area contributed by atoms with Crippen LogP contribution in [0.5, 0.6) is 0 Å². The lowest BCUT2D eigenvalue weighted by atomic mass is 10.0. The van der Waals surface area contributed by atoms with Crippen LogP contribution in [0.2, 0.25) is 0 Å². The topological polar surface area (TPSA) is 29.3 Å². The molecule has 0 aromatic heterocycles. The summed E-state index contributed by atoms with van der Waals surface area (Å²) in [5.41, 5.74) is 7.32. The summed E-state index contributed by atoms with van der Waals surface area (Å²) in [5, 5.41) is 0. The van der Waals surface area contributed by atoms with Crippen molar-refractivity contribution in [2.75, 3.05) is 19.6 Å². The normalized spacial score (nSPS) is 21.3. The first kappa shape index (κ1) is 10.7. The quantitative estimate of drug-likeness (QED) is 0.671. The highest BCUT2D eigenvalue weighted by Gasteiger charge is 2.10. The third-order valence-corrected chi connectivity index (χ3v) is 2.67. The monoisotopic (exact) mass is 182 g/mol. The van der Waals surface area contributed by atoms with Crippen LogP contribution < -0.4 is 5.73 Å². The van der Waals surface area contributed by atoms with Crippen LogP contribution in [0.3, 0.4) is 0 Å². The SMILES string of the molecule is CCN1CCC=C(CCC(C)N)C1. The van der Waals surface area contributed by atoms with Crippen molar-refractivity contribution in [2.24, 2.45) is 5.73 Å². The molecule has 0 aromatic rings. The molecule has 0 amide bonds. The van der Waals surface area contributed by atoms with Crippen molar-refractivity contribution >= 4 is 0 Å². The Labute approximate surface area is 81.8 Å². The largest absolute Gasteiger partial charge is 0.328 e. The van der Waals surface area contributed by atoms with Gasteiger partial charge in [0.2, 0.25) is 0 Å². The second-order valence-electron chi connectivity index (χ2n) is 4.04. The minimum absolute atomic E-state index is 0.345. The summed E-state index contributed by atoms with van der Waals surface area (Å²) < 4.78 is 0. The molecule has 0 saturated carbocycles. The van der Waals surface area contributed by atoms with E-state index in [0.717, 1.165) is 6.42 Å². The van der Waals surface area contributed by atoms with Crippen molar-refractivity contribution in [3.8, 4) is 0 Å². The Kier molecular flexibility index (Phi) is 4.46. The van der Waals surface area contributed by atoms with Crippen LogP contribution in [0.15, 0.2) is 11.6 Å². The van der Waals surface area contributed by atoms with E-state index < -0.39 is 0 Å². The number of nitrogens with zero attached hydrogens (tertiary/aromatic N) is 1. The zero-order valence-corrected chi connectivity index (χ0v) is 8.92. The Morgan fingerprint density at radius 3 is 3.00 bits per heavy atom. The Balaban J connectivity index is 2.29. The van der Waals surface area contributed by atoms with E-state index in [1.165, 1.54) is 32.5 Å². The zero-order chi connectivity index (χ0) is 9.68. The Morgan fingerprint density at radius 1 is 1.62 bits per heavy atom. The second-order valence-corrected chi connectivity index (χ2v) is 4.04. The number of likely N-dealkylation sites (N-methyl/N-ethyl adjacent to an activating group) is 1. The van der Waals surface area contributed by atoms with Crippen molar-refractivity contribution in [1.82, 2.24) is 4.90 Å². The van der Waals surface area contributed by atoms with Gasteiger partial charge < -0.3 is 5.73 Å². The zero-order valence-electron chi connectivity index (χ0n) is 8.92. The molecular formula is C11H22N2. The third-order valence-electron chi connectivity index (χ3n) is 2.67. The Bertz CT molecular complexity index is 173. The van der Waals surface area contributed by atoms with Gasteiger partial charge >= 0.3 is 0 Å². The van der Waals surface area contributed by atoms with Crippen molar-refractivity contribution in [3.63, 3.8) is 0 Å². The number of nitrogens with two attached hydrogens (primary N) is 1. The van der Waals surface area contributed by atoms with Gasteiger partial charge in [-0.2, -0.15) is 0 Å². The lowest BCUT2D eigenvalue weighted by molar-refractivity contribution is 0.301. The van der Waals surface area contributed by atoms with Crippen LogP contribution in [-0.4, -0.2) is 30.6 Å². The summed E-state index contributed by atoms with van der Waals surface area (Å²) in [4.78, 5) is 2.50. The molecule has 1 rings (SSSR count). The molecule has 1 unspecified atom stereocenters. The van der Waals surface area contributed by atoms with Crippen molar-refractivity contribution in [2.45, 2.75) is 39.2 Å². The maximum absolute atomic E-state index is 5.74. The minimum Gasteiger partial charge on any atom is -0.328 e. The van der Waals surface area contributed by atoms with E-state index in [-0.39, 0.29) is 0 Å². The lowest BCUT2D eigenvalue weighted by Crippen LogP contribution is -2.30. The van der Waals surface area contributed by atoms with E-state index in [2.05, 4.69) is 24.8 Å². The second kappa shape index (κ2) is 5.40. The van der Waals surface area contributed by atoms with E-state index in [9.17, 15) is 0 Å². The maximum Gasteiger partial charge on any atom is 0.0192 e. The molecule has 2 N–H and O–H groups in total. The van der Waals surface area contributed by atoms with Gasteiger partial charge in [-0.3, -0.25) is 4.90 Å². The van der Waals surface area contributed by atoms with Gasteiger partial charge in [0, 0.05) is 19.1 Å². The van der Waals surface area contributed by atoms with Crippen LogP contribution >= 0.6 is 0 Å². The summed E-state index contributed by atoms with van der Waals surface area (Å²) in [5.74, 6) is 0. The van der Waals surface area contributed by atoms with E-state index >= 15 is 0 Å². The molecule has 0 aromatic carbocycles. The molecule has 76 valence electrons. The first-order valence-electron chi connectivity index (χ1n) is 5.38. The molecule has 2 nitrogen and oxygen atoms in total.